The normalized spacial score (nSPS) is 12.1. The minimum Gasteiger partial charge on any atom is -0.370 e. The molecule has 1 atom stereocenters. The van der Waals surface area contributed by atoms with Gasteiger partial charge >= 0.3 is 0 Å². The van der Waals surface area contributed by atoms with Gasteiger partial charge in [-0.05, 0) is 35.7 Å². The molecule has 3 aromatic heterocycles. The van der Waals surface area contributed by atoms with Gasteiger partial charge in [0.25, 0.3) is 11.7 Å². The SMILES string of the molecule is NC(=O)CCCCC[C@H](NC(=O)c1nc2ncccn2n1)c1ncc(-c2ccc3ccccc3c2)[nH]1. The number of carbonyl (C=O) groups excluding carboxylic acids is 2. The van der Waals surface area contributed by atoms with Crippen LogP contribution < -0.4 is 11.1 Å². The number of benzene rings is 2. The minimum atomic E-state index is -0.411. The van der Waals surface area contributed by atoms with Crippen LogP contribution in [0.2, 0.25) is 0 Å². The van der Waals surface area contributed by atoms with Gasteiger partial charge in [-0.3, -0.25) is 9.59 Å². The van der Waals surface area contributed by atoms with Crippen LogP contribution in [-0.2, 0) is 4.79 Å². The van der Waals surface area contributed by atoms with E-state index in [1.165, 1.54) is 4.52 Å². The van der Waals surface area contributed by atoms with Crippen molar-refractivity contribution in [2.24, 2.45) is 5.73 Å². The van der Waals surface area contributed by atoms with Gasteiger partial charge in [0, 0.05) is 24.4 Å². The first kappa shape index (κ1) is 23.2. The summed E-state index contributed by atoms with van der Waals surface area (Å²) in [7, 11) is 0. The average Bonchev–Trinajstić information content (AvgIpc) is 3.55. The topological polar surface area (TPSA) is 144 Å². The Bertz CT molecular complexity index is 1490. The number of aromatic amines is 1. The third-order valence-corrected chi connectivity index (χ3v) is 6.03. The highest BCUT2D eigenvalue weighted by Crippen LogP contribution is 2.26. The van der Waals surface area contributed by atoms with Crippen LogP contribution >= 0.6 is 0 Å². The van der Waals surface area contributed by atoms with Crippen LogP contribution in [0.5, 0.6) is 0 Å². The van der Waals surface area contributed by atoms with Gasteiger partial charge in [0.2, 0.25) is 11.7 Å². The third-order valence-electron chi connectivity index (χ3n) is 6.03. The molecule has 0 aliphatic heterocycles. The fourth-order valence-corrected chi connectivity index (χ4v) is 4.17. The van der Waals surface area contributed by atoms with Crippen molar-refractivity contribution in [3.8, 4) is 11.3 Å². The largest absolute Gasteiger partial charge is 0.370 e. The molecule has 0 fully saturated rings. The van der Waals surface area contributed by atoms with Gasteiger partial charge in [-0.25, -0.2) is 14.5 Å². The summed E-state index contributed by atoms with van der Waals surface area (Å²) in [5, 5.41) is 9.53. The van der Waals surface area contributed by atoms with Crippen molar-refractivity contribution in [3.63, 3.8) is 0 Å². The molecule has 10 nitrogen and oxygen atoms in total. The Morgan fingerprint density at radius 1 is 1.03 bits per heavy atom. The second-order valence-electron chi connectivity index (χ2n) is 8.64. The molecule has 2 amide bonds. The molecule has 2 aromatic carbocycles. The number of hydrogen-bond donors (Lipinski definition) is 3. The lowest BCUT2D eigenvalue weighted by Gasteiger charge is -2.16. The number of nitrogens with two attached hydrogens (primary N) is 1. The molecule has 0 radical (unpaired) electrons. The third kappa shape index (κ3) is 5.22. The highest BCUT2D eigenvalue weighted by Gasteiger charge is 2.22. The minimum absolute atomic E-state index is 0.0359. The van der Waals surface area contributed by atoms with E-state index in [0.29, 0.717) is 30.9 Å². The molecule has 5 aromatic rings. The predicted molar refractivity (Wildman–Crippen MR) is 135 cm³/mol. The van der Waals surface area contributed by atoms with Crippen molar-refractivity contribution >= 4 is 28.4 Å². The van der Waals surface area contributed by atoms with Crippen molar-refractivity contribution in [3.05, 3.63) is 78.8 Å². The van der Waals surface area contributed by atoms with Crippen LogP contribution in [0.4, 0.5) is 0 Å². The summed E-state index contributed by atoms with van der Waals surface area (Å²) in [4.78, 5) is 40.4. The van der Waals surface area contributed by atoms with E-state index in [9.17, 15) is 9.59 Å². The molecule has 0 saturated heterocycles. The Morgan fingerprint density at radius 3 is 2.72 bits per heavy atom. The zero-order valence-electron chi connectivity index (χ0n) is 19.6. The number of rotatable bonds is 10. The van der Waals surface area contributed by atoms with Crippen LogP contribution in [-0.4, -0.2) is 41.4 Å². The van der Waals surface area contributed by atoms with Gasteiger partial charge in [-0.1, -0.05) is 49.2 Å². The highest BCUT2D eigenvalue weighted by atomic mass is 16.2. The van der Waals surface area contributed by atoms with E-state index < -0.39 is 5.91 Å². The molecular weight excluding hydrogens is 456 g/mol. The Balaban J connectivity index is 1.36. The van der Waals surface area contributed by atoms with Crippen molar-refractivity contribution < 1.29 is 9.59 Å². The number of nitrogens with zero attached hydrogens (tertiary/aromatic N) is 5. The lowest BCUT2D eigenvalue weighted by molar-refractivity contribution is -0.118. The molecule has 0 saturated carbocycles. The maximum atomic E-state index is 13.0. The van der Waals surface area contributed by atoms with Gasteiger partial charge in [-0.2, -0.15) is 4.98 Å². The quantitative estimate of drug-likeness (QED) is 0.260. The molecule has 0 spiro atoms. The van der Waals surface area contributed by atoms with E-state index in [0.717, 1.165) is 34.9 Å². The summed E-state index contributed by atoms with van der Waals surface area (Å²) in [6.45, 7) is 0. The molecular formula is C26H26N8O2. The fraction of sp³-hybridized carbons (Fsp3) is 0.231. The van der Waals surface area contributed by atoms with E-state index in [1.807, 2.05) is 18.2 Å². The lowest BCUT2D eigenvalue weighted by atomic mass is 10.1. The second-order valence-corrected chi connectivity index (χ2v) is 8.64. The summed E-state index contributed by atoms with van der Waals surface area (Å²) in [6, 6.07) is 15.7. The van der Waals surface area contributed by atoms with Crippen LogP contribution in [0.3, 0.4) is 0 Å². The molecule has 182 valence electrons. The zero-order chi connectivity index (χ0) is 24.9. The van der Waals surface area contributed by atoms with Gasteiger partial charge in [-0.15, -0.1) is 5.10 Å². The maximum Gasteiger partial charge on any atom is 0.291 e. The number of nitrogens with one attached hydrogen (secondary N) is 2. The summed E-state index contributed by atoms with van der Waals surface area (Å²) in [5.74, 6) is 0.308. The molecule has 36 heavy (non-hydrogen) atoms. The second kappa shape index (κ2) is 10.3. The first-order valence-corrected chi connectivity index (χ1v) is 11.9. The molecule has 4 N–H and O–H groups in total. The summed E-state index contributed by atoms with van der Waals surface area (Å²) >= 11 is 0. The Labute approximate surface area is 207 Å². The molecule has 10 heteroatoms. The van der Waals surface area contributed by atoms with Crippen molar-refractivity contribution in [1.82, 2.24) is 34.9 Å². The molecule has 5 rings (SSSR count). The molecule has 0 aliphatic carbocycles. The van der Waals surface area contributed by atoms with Crippen LogP contribution in [0.1, 0.15) is 54.6 Å². The zero-order valence-corrected chi connectivity index (χ0v) is 19.6. The standard InChI is InChI=1S/C26H26N8O2/c27-22(35)10-3-1-2-9-20(31-25(36)24-32-26-28-13-6-14-34(26)33-24)23-29-16-21(30-23)19-12-11-17-7-4-5-8-18(17)15-19/h4-8,11-16,20H,1-3,9-10H2,(H2,27,35)(H,29,30)(H,31,36)/t20-/m0/s1. The van der Waals surface area contributed by atoms with Gasteiger partial charge in [0.05, 0.1) is 17.9 Å². The first-order chi connectivity index (χ1) is 17.6. The van der Waals surface area contributed by atoms with E-state index in [2.05, 4.69) is 54.6 Å². The van der Waals surface area contributed by atoms with E-state index in [4.69, 9.17) is 5.73 Å². The number of fused-ring (bicyclic) bond motifs is 2. The average molecular weight is 483 g/mol. The maximum absolute atomic E-state index is 13.0. The van der Waals surface area contributed by atoms with Crippen molar-refractivity contribution in [2.45, 2.75) is 38.1 Å². The first-order valence-electron chi connectivity index (χ1n) is 11.9. The fourth-order valence-electron chi connectivity index (χ4n) is 4.17. The Hall–Kier alpha value is -4.60. The van der Waals surface area contributed by atoms with Gasteiger partial charge < -0.3 is 16.0 Å². The Kier molecular flexibility index (Phi) is 6.65. The van der Waals surface area contributed by atoms with Crippen LogP contribution in [0.25, 0.3) is 27.8 Å². The lowest BCUT2D eigenvalue weighted by Crippen LogP contribution is -2.30. The summed E-state index contributed by atoms with van der Waals surface area (Å²) < 4.78 is 1.46. The molecule has 3 heterocycles. The number of imidazole rings is 1. The van der Waals surface area contributed by atoms with Crippen LogP contribution in [0, 0.1) is 0 Å². The van der Waals surface area contributed by atoms with Crippen LogP contribution in [0.15, 0.2) is 67.1 Å². The summed E-state index contributed by atoms with van der Waals surface area (Å²) in [6.07, 6.45) is 8.33. The number of amides is 2. The van der Waals surface area contributed by atoms with Gasteiger partial charge in [0.15, 0.2) is 0 Å². The summed E-state index contributed by atoms with van der Waals surface area (Å²) in [5.41, 5.74) is 7.12. The van der Waals surface area contributed by atoms with Crippen molar-refractivity contribution in [1.29, 1.82) is 0 Å². The van der Waals surface area contributed by atoms with E-state index in [-0.39, 0.29) is 17.8 Å². The number of aromatic nitrogens is 6. The van der Waals surface area contributed by atoms with Crippen molar-refractivity contribution in [2.75, 3.05) is 0 Å². The predicted octanol–water partition coefficient (Wildman–Crippen LogP) is 3.57. The van der Waals surface area contributed by atoms with E-state index >= 15 is 0 Å². The number of primary amides is 1. The molecule has 0 unspecified atom stereocenters. The number of unbranched alkanes of at least 4 members (excludes halogenated alkanes) is 2. The number of H-pyrrole nitrogens is 1. The smallest absolute Gasteiger partial charge is 0.291 e. The Morgan fingerprint density at radius 2 is 1.89 bits per heavy atom. The molecule has 0 bridgehead atoms. The highest BCUT2D eigenvalue weighted by molar-refractivity contribution is 5.91. The van der Waals surface area contributed by atoms with Gasteiger partial charge in [0.1, 0.15) is 5.82 Å². The number of hydrogen-bond acceptors (Lipinski definition) is 6. The molecule has 0 aliphatic rings. The number of carbonyl (C=O) groups is 2. The monoisotopic (exact) mass is 482 g/mol. The van der Waals surface area contributed by atoms with E-state index in [1.54, 1.807) is 24.7 Å².